The van der Waals surface area contributed by atoms with Crippen molar-refractivity contribution in [1.82, 2.24) is 9.29 Å². The van der Waals surface area contributed by atoms with Crippen molar-refractivity contribution in [3.63, 3.8) is 0 Å². The van der Waals surface area contributed by atoms with E-state index in [1.807, 2.05) is 37.3 Å². The van der Waals surface area contributed by atoms with Crippen molar-refractivity contribution >= 4 is 32.4 Å². The van der Waals surface area contributed by atoms with Gasteiger partial charge in [-0.2, -0.15) is 4.31 Å². The summed E-state index contributed by atoms with van der Waals surface area (Å²) in [5, 5.41) is 3.33. The van der Waals surface area contributed by atoms with Crippen molar-refractivity contribution in [3.8, 4) is 11.3 Å². The zero-order valence-corrected chi connectivity index (χ0v) is 18.3. The van der Waals surface area contributed by atoms with Crippen LogP contribution in [0.5, 0.6) is 0 Å². The minimum Gasteiger partial charge on any atom is -0.298 e. The van der Waals surface area contributed by atoms with Gasteiger partial charge in [0.05, 0.1) is 10.6 Å². The number of carbonyl (C=O) groups excluding carboxylic acids is 1. The SMILES string of the molecule is Cc1sc(NC(=O)c2ccc(S(=O)(=O)N3CCCCC3)cc2)nc1-c1ccccc1. The summed E-state index contributed by atoms with van der Waals surface area (Å²) in [6, 6.07) is 15.9. The minimum absolute atomic E-state index is 0.220. The summed E-state index contributed by atoms with van der Waals surface area (Å²) in [7, 11) is -3.50. The molecular formula is C22H23N3O3S2. The Hall–Kier alpha value is -2.55. The lowest BCUT2D eigenvalue weighted by molar-refractivity contribution is 0.102. The largest absolute Gasteiger partial charge is 0.298 e. The summed E-state index contributed by atoms with van der Waals surface area (Å²) in [6.45, 7) is 3.07. The molecule has 0 bridgehead atoms. The van der Waals surface area contributed by atoms with Crippen LogP contribution in [0, 0.1) is 6.92 Å². The summed E-state index contributed by atoms with van der Waals surface area (Å²) in [5.41, 5.74) is 2.24. The minimum atomic E-state index is -3.50. The Morgan fingerprint density at radius 2 is 1.67 bits per heavy atom. The molecule has 2 heterocycles. The lowest BCUT2D eigenvalue weighted by Crippen LogP contribution is -2.35. The number of aromatic nitrogens is 1. The van der Waals surface area contributed by atoms with Crippen LogP contribution in [-0.4, -0.2) is 36.7 Å². The summed E-state index contributed by atoms with van der Waals surface area (Å²) < 4.78 is 27.0. The van der Waals surface area contributed by atoms with Crippen LogP contribution < -0.4 is 5.32 Å². The molecule has 0 atom stereocenters. The summed E-state index contributed by atoms with van der Waals surface area (Å²) in [4.78, 5) is 18.4. The van der Waals surface area contributed by atoms with Gasteiger partial charge in [0.1, 0.15) is 0 Å². The van der Waals surface area contributed by atoms with Crippen LogP contribution in [0.25, 0.3) is 11.3 Å². The van der Waals surface area contributed by atoms with E-state index < -0.39 is 10.0 Å². The molecule has 2 aromatic carbocycles. The third-order valence-electron chi connectivity index (χ3n) is 5.13. The molecule has 4 rings (SSSR count). The molecule has 1 N–H and O–H groups in total. The number of hydrogen-bond donors (Lipinski definition) is 1. The van der Waals surface area contributed by atoms with E-state index in [9.17, 15) is 13.2 Å². The van der Waals surface area contributed by atoms with E-state index in [0.717, 1.165) is 35.4 Å². The highest BCUT2D eigenvalue weighted by atomic mass is 32.2. The predicted octanol–water partition coefficient (Wildman–Crippen LogP) is 4.55. The third-order valence-corrected chi connectivity index (χ3v) is 7.93. The van der Waals surface area contributed by atoms with Crippen LogP contribution in [0.3, 0.4) is 0 Å². The number of nitrogens with zero attached hydrogens (tertiary/aromatic N) is 2. The summed E-state index contributed by atoms with van der Waals surface area (Å²) in [6.07, 6.45) is 2.84. The predicted molar refractivity (Wildman–Crippen MR) is 119 cm³/mol. The molecule has 1 saturated heterocycles. The van der Waals surface area contributed by atoms with E-state index in [1.54, 1.807) is 12.1 Å². The average molecular weight is 442 g/mol. The van der Waals surface area contributed by atoms with Crippen LogP contribution >= 0.6 is 11.3 Å². The number of aryl methyl sites for hydroxylation is 1. The Bertz CT molecular complexity index is 1130. The highest BCUT2D eigenvalue weighted by Crippen LogP contribution is 2.30. The Labute approximate surface area is 180 Å². The zero-order valence-electron chi connectivity index (χ0n) is 16.7. The number of sulfonamides is 1. The molecule has 0 saturated carbocycles. The lowest BCUT2D eigenvalue weighted by atomic mass is 10.1. The summed E-state index contributed by atoms with van der Waals surface area (Å²) >= 11 is 1.41. The number of amides is 1. The second-order valence-electron chi connectivity index (χ2n) is 7.23. The number of piperidine rings is 1. The van der Waals surface area contributed by atoms with Crippen molar-refractivity contribution in [2.24, 2.45) is 0 Å². The molecule has 1 aromatic heterocycles. The highest BCUT2D eigenvalue weighted by molar-refractivity contribution is 7.89. The smallest absolute Gasteiger partial charge is 0.257 e. The molecule has 0 unspecified atom stereocenters. The standard InChI is InChI=1S/C22H23N3O3S2/c1-16-20(17-8-4-2-5-9-17)23-22(29-16)24-21(26)18-10-12-19(13-11-18)30(27,28)25-14-6-3-7-15-25/h2,4-5,8-13H,3,6-7,14-15H2,1H3,(H,23,24,26). The van der Waals surface area contributed by atoms with Crippen molar-refractivity contribution in [1.29, 1.82) is 0 Å². The number of anilines is 1. The van der Waals surface area contributed by atoms with E-state index in [0.29, 0.717) is 23.8 Å². The van der Waals surface area contributed by atoms with E-state index in [2.05, 4.69) is 10.3 Å². The Balaban J connectivity index is 1.48. The van der Waals surface area contributed by atoms with Gasteiger partial charge in [-0.3, -0.25) is 10.1 Å². The first kappa shape index (κ1) is 20.7. The normalized spacial score (nSPS) is 15.1. The Morgan fingerprint density at radius 1 is 1.00 bits per heavy atom. The van der Waals surface area contributed by atoms with Gasteiger partial charge in [-0.1, -0.05) is 36.8 Å². The molecule has 1 fully saturated rings. The van der Waals surface area contributed by atoms with Gasteiger partial charge in [-0.25, -0.2) is 13.4 Å². The van der Waals surface area contributed by atoms with Crippen LogP contribution in [0.1, 0.15) is 34.5 Å². The summed E-state index contributed by atoms with van der Waals surface area (Å²) in [5.74, 6) is -0.315. The van der Waals surface area contributed by atoms with Crippen LogP contribution in [0.2, 0.25) is 0 Å². The Morgan fingerprint density at radius 3 is 2.33 bits per heavy atom. The molecule has 1 amide bonds. The first-order chi connectivity index (χ1) is 14.4. The number of carbonyl (C=O) groups is 1. The number of thiazole rings is 1. The molecule has 3 aromatic rings. The van der Waals surface area contributed by atoms with Crippen molar-refractivity contribution in [2.75, 3.05) is 18.4 Å². The highest BCUT2D eigenvalue weighted by Gasteiger charge is 2.26. The van der Waals surface area contributed by atoms with Gasteiger partial charge in [0, 0.05) is 29.1 Å². The molecule has 1 aliphatic rings. The Kier molecular flexibility index (Phi) is 5.99. The van der Waals surface area contributed by atoms with Gasteiger partial charge in [0.2, 0.25) is 10.0 Å². The van der Waals surface area contributed by atoms with E-state index in [4.69, 9.17) is 0 Å². The molecule has 156 valence electrons. The average Bonchev–Trinajstić information content (AvgIpc) is 3.15. The molecule has 0 aliphatic carbocycles. The van der Waals surface area contributed by atoms with Gasteiger partial charge in [0.25, 0.3) is 5.91 Å². The van der Waals surface area contributed by atoms with Gasteiger partial charge < -0.3 is 0 Å². The zero-order chi connectivity index (χ0) is 21.1. The fraction of sp³-hybridized carbons (Fsp3) is 0.273. The van der Waals surface area contributed by atoms with Crippen LogP contribution in [0.4, 0.5) is 5.13 Å². The molecule has 0 radical (unpaired) electrons. The molecule has 0 spiro atoms. The number of hydrogen-bond acceptors (Lipinski definition) is 5. The van der Waals surface area contributed by atoms with E-state index in [-0.39, 0.29) is 10.8 Å². The first-order valence-electron chi connectivity index (χ1n) is 9.89. The molecule has 30 heavy (non-hydrogen) atoms. The second-order valence-corrected chi connectivity index (χ2v) is 10.4. The molecule has 8 heteroatoms. The first-order valence-corrected chi connectivity index (χ1v) is 12.2. The fourth-order valence-electron chi connectivity index (χ4n) is 3.52. The quantitative estimate of drug-likeness (QED) is 0.630. The third kappa shape index (κ3) is 4.30. The van der Waals surface area contributed by atoms with Gasteiger partial charge in [-0.15, -0.1) is 11.3 Å². The van der Waals surface area contributed by atoms with Crippen LogP contribution in [-0.2, 0) is 10.0 Å². The van der Waals surface area contributed by atoms with E-state index in [1.165, 1.54) is 27.8 Å². The number of benzene rings is 2. The monoisotopic (exact) mass is 441 g/mol. The van der Waals surface area contributed by atoms with Crippen LogP contribution in [0.15, 0.2) is 59.5 Å². The van der Waals surface area contributed by atoms with Gasteiger partial charge >= 0.3 is 0 Å². The fourth-order valence-corrected chi connectivity index (χ4v) is 5.86. The maximum Gasteiger partial charge on any atom is 0.257 e. The number of nitrogens with one attached hydrogen (secondary N) is 1. The molecular weight excluding hydrogens is 418 g/mol. The molecule has 1 aliphatic heterocycles. The molecule has 6 nitrogen and oxygen atoms in total. The van der Waals surface area contributed by atoms with Crippen molar-refractivity contribution in [2.45, 2.75) is 31.1 Å². The maximum absolute atomic E-state index is 12.8. The van der Waals surface area contributed by atoms with Gasteiger partial charge in [-0.05, 0) is 44.0 Å². The van der Waals surface area contributed by atoms with E-state index >= 15 is 0 Å². The topological polar surface area (TPSA) is 79.4 Å². The second kappa shape index (κ2) is 8.67. The van der Waals surface area contributed by atoms with Crippen molar-refractivity contribution in [3.05, 3.63) is 65.0 Å². The van der Waals surface area contributed by atoms with Gasteiger partial charge in [0.15, 0.2) is 5.13 Å². The van der Waals surface area contributed by atoms with Crippen molar-refractivity contribution < 1.29 is 13.2 Å². The maximum atomic E-state index is 12.8. The lowest BCUT2D eigenvalue weighted by Gasteiger charge is -2.25. The number of rotatable bonds is 5.